The Morgan fingerprint density at radius 3 is 0.946 bits per heavy atom. The van der Waals surface area contributed by atoms with E-state index in [1.165, 1.54) is 109 Å². The van der Waals surface area contributed by atoms with Crippen LogP contribution in [-0.4, -0.2) is 20.5 Å². The van der Waals surface area contributed by atoms with Gasteiger partial charge in [-0.15, -0.1) is 12.1 Å². The van der Waals surface area contributed by atoms with Crippen molar-refractivity contribution in [2.45, 2.75) is 132 Å². The van der Waals surface area contributed by atoms with Crippen LogP contribution in [0.1, 0.15) is 109 Å². The third-order valence-corrected chi connectivity index (χ3v) is 13.8. The summed E-state index contributed by atoms with van der Waals surface area (Å²) >= 11 is 0. The minimum atomic E-state index is -2.67. The van der Waals surface area contributed by atoms with E-state index in [2.05, 4.69) is 55.4 Å². The third kappa shape index (κ3) is 7.36. The SMILES string of the molecule is Cc1c(C)c(C)[c-]([Si]([N-]C2CCCCC2)([N-]C2CCCCC2)[c-]2c(C)c(C)c(C)c2C)c1C.[Li+].[Li+].[Li+].[Li+]. The molecule has 0 amide bonds. The molecule has 0 radical (unpaired) electrons. The van der Waals surface area contributed by atoms with Crippen LogP contribution in [-0.2, 0) is 0 Å². The van der Waals surface area contributed by atoms with Gasteiger partial charge in [-0.05, 0) is 0 Å². The Balaban J connectivity index is 0.00000324. The molecule has 184 valence electrons. The first kappa shape index (κ1) is 38.2. The number of hydrogen-bond donors (Lipinski definition) is 0. The van der Waals surface area contributed by atoms with Gasteiger partial charge in [-0.3, -0.25) is 0 Å². The second-order valence-electron chi connectivity index (χ2n) is 11.3. The average Bonchev–Trinajstić information content (AvgIpc) is 3.13. The second-order valence-corrected chi connectivity index (χ2v) is 14.1. The summed E-state index contributed by atoms with van der Waals surface area (Å²) in [6, 6.07) is 0.947. The van der Waals surface area contributed by atoms with E-state index < -0.39 is 8.40 Å². The van der Waals surface area contributed by atoms with Crippen LogP contribution in [0, 0.1) is 55.4 Å². The van der Waals surface area contributed by atoms with Gasteiger partial charge in [0.05, 0.1) is 0 Å². The maximum atomic E-state index is 6.03. The van der Waals surface area contributed by atoms with Crippen LogP contribution in [0.25, 0.3) is 9.96 Å². The number of nitrogens with zero attached hydrogens (tertiary/aromatic N) is 2. The van der Waals surface area contributed by atoms with Crippen LogP contribution in [0.4, 0.5) is 0 Å². The molecule has 0 spiro atoms. The summed E-state index contributed by atoms with van der Waals surface area (Å²) in [6.07, 6.45) is 13.1. The van der Waals surface area contributed by atoms with E-state index in [-0.39, 0.29) is 75.4 Å². The van der Waals surface area contributed by atoms with Gasteiger partial charge in [-0.25, -0.2) is 18.8 Å². The molecule has 0 aromatic heterocycles. The van der Waals surface area contributed by atoms with E-state index in [0.717, 1.165) is 0 Å². The second kappa shape index (κ2) is 16.0. The number of rotatable bonds is 6. The third-order valence-electron chi connectivity index (χ3n) is 9.46. The van der Waals surface area contributed by atoms with Crippen molar-refractivity contribution >= 4 is 18.8 Å². The molecule has 2 saturated carbocycles. The molecule has 2 aromatic carbocycles. The van der Waals surface area contributed by atoms with Crippen LogP contribution >= 0.6 is 0 Å². The van der Waals surface area contributed by atoms with E-state index in [4.69, 9.17) is 9.96 Å². The van der Waals surface area contributed by atoms with Crippen molar-refractivity contribution < 1.29 is 75.4 Å². The van der Waals surface area contributed by atoms with Gasteiger partial charge in [0.25, 0.3) is 0 Å². The standard InChI is InChI=1S/C30H46N2Si.4Li/c1-19-20(2)24(6)29(23(19)5)33(31-27-15-11-9-12-16-27,32-28-17-13-10-14-18-28)30-25(7)21(3)22(4)26(30)8;;;;/h27-28H,9-18H2,1-8H3;;;;/q-4;4*+1. The van der Waals surface area contributed by atoms with Crippen molar-refractivity contribution in [3.05, 3.63) is 54.5 Å². The summed E-state index contributed by atoms with van der Waals surface area (Å²) in [5.41, 5.74) is 11.8. The zero-order chi connectivity index (χ0) is 23.9. The van der Waals surface area contributed by atoms with Crippen molar-refractivity contribution in [1.29, 1.82) is 0 Å². The Bertz CT molecular complexity index is 867. The van der Waals surface area contributed by atoms with Gasteiger partial charge in [0, 0.05) is 0 Å². The maximum Gasteiger partial charge on any atom is 1.00 e. The van der Waals surface area contributed by atoms with Crippen molar-refractivity contribution in [3.63, 3.8) is 0 Å². The topological polar surface area (TPSA) is 28.2 Å². The Morgan fingerprint density at radius 2 is 0.703 bits per heavy atom. The fourth-order valence-electron chi connectivity index (χ4n) is 6.85. The Kier molecular flexibility index (Phi) is 16.5. The molecule has 2 aliphatic carbocycles. The monoisotopic (exact) mass is 490 g/mol. The first-order valence-corrected chi connectivity index (χ1v) is 15.5. The molecule has 2 fully saturated rings. The largest absolute Gasteiger partial charge is 1.00 e. The molecule has 2 aliphatic rings. The van der Waals surface area contributed by atoms with Crippen LogP contribution in [0.5, 0.6) is 0 Å². The predicted octanol–water partition coefficient (Wildman–Crippen LogP) is -4.42. The summed E-state index contributed by atoms with van der Waals surface area (Å²) in [5, 5.41) is 3.09. The summed E-state index contributed by atoms with van der Waals surface area (Å²) in [4.78, 5) is 12.1. The molecule has 0 aliphatic heterocycles. The smallest absolute Gasteiger partial charge is 0.688 e. The molecular formula is C30H46Li4N2Si. The van der Waals surface area contributed by atoms with Gasteiger partial charge in [0.1, 0.15) is 0 Å². The normalized spacial score (nSPS) is 16.9. The van der Waals surface area contributed by atoms with Crippen LogP contribution in [0.3, 0.4) is 0 Å². The van der Waals surface area contributed by atoms with Crippen molar-refractivity contribution in [1.82, 2.24) is 0 Å². The zero-order valence-corrected chi connectivity index (χ0v) is 27.6. The Labute approximate surface area is 278 Å². The van der Waals surface area contributed by atoms with Gasteiger partial charge in [0.2, 0.25) is 0 Å². The van der Waals surface area contributed by atoms with E-state index in [9.17, 15) is 0 Å². The number of hydrogen-bond acceptors (Lipinski definition) is 0. The van der Waals surface area contributed by atoms with Crippen molar-refractivity contribution in [2.24, 2.45) is 0 Å². The van der Waals surface area contributed by atoms with Gasteiger partial charge < -0.3 is 9.96 Å². The summed E-state index contributed by atoms with van der Waals surface area (Å²) in [6.45, 7) is 18.8. The zero-order valence-electron chi connectivity index (χ0n) is 26.6. The first-order valence-electron chi connectivity index (χ1n) is 13.6. The van der Waals surface area contributed by atoms with E-state index in [1.54, 1.807) is 10.4 Å². The van der Waals surface area contributed by atoms with Crippen molar-refractivity contribution in [3.8, 4) is 0 Å². The quantitative estimate of drug-likeness (QED) is 0.289. The molecule has 0 atom stereocenters. The molecule has 0 saturated heterocycles. The fraction of sp³-hybridized carbons (Fsp3) is 0.667. The maximum absolute atomic E-state index is 6.03. The van der Waals surface area contributed by atoms with Gasteiger partial charge in [-0.1, -0.05) is 120 Å². The van der Waals surface area contributed by atoms with Crippen molar-refractivity contribution in [2.75, 3.05) is 0 Å². The summed E-state index contributed by atoms with van der Waals surface area (Å²) < 4.78 is 0. The molecule has 37 heavy (non-hydrogen) atoms. The van der Waals surface area contributed by atoms with Gasteiger partial charge in [0.15, 0.2) is 0 Å². The molecule has 0 N–H and O–H groups in total. The van der Waals surface area contributed by atoms with E-state index >= 15 is 0 Å². The Hall–Kier alpha value is 1.23. The molecule has 0 bridgehead atoms. The predicted molar refractivity (Wildman–Crippen MR) is 147 cm³/mol. The molecule has 2 aromatic rings. The molecule has 4 rings (SSSR count). The molecule has 2 nitrogen and oxygen atoms in total. The molecule has 0 unspecified atom stereocenters. The first-order chi connectivity index (χ1) is 15.7. The van der Waals surface area contributed by atoms with Crippen LogP contribution in [0.2, 0.25) is 0 Å². The molecular weight excluding hydrogens is 444 g/mol. The average molecular weight is 491 g/mol. The van der Waals surface area contributed by atoms with Gasteiger partial charge >= 0.3 is 75.4 Å². The van der Waals surface area contributed by atoms with Crippen LogP contribution < -0.4 is 85.8 Å². The summed E-state index contributed by atoms with van der Waals surface area (Å²) in [7, 11) is -2.67. The Morgan fingerprint density at radius 1 is 0.459 bits per heavy atom. The summed E-state index contributed by atoms with van der Waals surface area (Å²) in [5.74, 6) is 0. The molecule has 7 heteroatoms. The van der Waals surface area contributed by atoms with E-state index in [1.807, 2.05) is 0 Å². The molecule has 0 heterocycles. The van der Waals surface area contributed by atoms with Crippen LogP contribution in [0.15, 0.2) is 0 Å². The fourth-order valence-corrected chi connectivity index (χ4v) is 12.1. The van der Waals surface area contributed by atoms with Gasteiger partial charge in [-0.2, -0.15) is 44.5 Å². The minimum absolute atomic E-state index is 0. The van der Waals surface area contributed by atoms with E-state index in [0.29, 0.717) is 12.1 Å². The minimum Gasteiger partial charge on any atom is -0.688 e.